The van der Waals surface area contributed by atoms with Gasteiger partial charge in [0.1, 0.15) is 4.90 Å². The molecule has 0 fully saturated rings. The molecule has 0 aliphatic rings. The van der Waals surface area contributed by atoms with Gasteiger partial charge in [-0.1, -0.05) is 59.6 Å². The molecule has 0 atom stereocenters. The molecule has 3 aromatic rings. The average molecular weight is 464 g/mol. The Morgan fingerprint density at radius 2 is 1.53 bits per heavy atom. The number of hydrogen-bond acceptors (Lipinski definition) is 3. The molecule has 0 bridgehead atoms. The molecule has 5 nitrogen and oxygen atoms in total. The van der Waals surface area contributed by atoms with Crippen LogP contribution in [0.5, 0.6) is 0 Å². The third-order valence-electron chi connectivity index (χ3n) is 4.58. The third-order valence-corrected chi connectivity index (χ3v) is 6.67. The maximum atomic E-state index is 12.8. The molecular formula is C22H19Cl2NO4S. The first-order valence-electron chi connectivity index (χ1n) is 9.15. The van der Waals surface area contributed by atoms with Gasteiger partial charge in [-0.05, 0) is 60.7 Å². The van der Waals surface area contributed by atoms with E-state index in [9.17, 15) is 18.3 Å². The van der Waals surface area contributed by atoms with Crippen molar-refractivity contribution in [2.75, 3.05) is 4.72 Å². The molecule has 0 amide bonds. The maximum Gasteiger partial charge on any atom is 0.335 e. The molecule has 3 rings (SSSR count). The van der Waals surface area contributed by atoms with Crippen LogP contribution in [0.3, 0.4) is 0 Å². The van der Waals surface area contributed by atoms with Gasteiger partial charge >= 0.3 is 5.97 Å². The first-order valence-corrected chi connectivity index (χ1v) is 11.4. The van der Waals surface area contributed by atoms with Gasteiger partial charge in [0, 0.05) is 5.02 Å². The van der Waals surface area contributed by atoms with Crippen LogP contribution in [0.25, 0.3) is 0 Å². The summed E-state index contributed by atoms with van der Waals surface area (Å²) in [5, 5.41) is 9.65. The van der Waals surface area contributed by atoms with E-state index in [1.807, 2.05) is 12.1 Å². The fourth-order valence-electron chi connectivity index (χ4n) is 3.14. The summed E-state index contributed by atoms with van der Waals surface area (Å²) in [7, 11) is -3.93. The highest BCUT2D eigenvalue weighted by Crippen LogP contribution is 2.28. The van der Waals surface area contributed by atoms with Crippen LogP contribution in [0.15, 0.2) is 71.6 Å². The van der Waals surface area contributed by atoms with Crippen molar-refractivity contribution in [1.29, 1.82) is 0 Å². The van der Waals surface area contributed by atoms with Crippen molar-refractivity contribution in [3.63, 3.8) is 0 Å². The number of benzene rings is 3. The Morgan fingerprint density at radius 1 is 0.900 bits per heavy atom. The summed E-state index contributed by atoms with van der Waals surface area (Å²) in [6, 6.07) is 18.2. The molecule has 0 aliphatic heterocycles. The summed E-state index contributed by atoms with van der Waals surface area (Å²) in [4.78, 5) is 11.3. The van der Waals surface area contributed by atoms with Gasteiger partial charge < -0.3 is 5.11 Å². The molecule has 0 aromatic heterocycles. The largest absolute Gasteiger partial charge is 0.478 e. The molecule has 30 heavy (non-hydrogen) atoms. The van der Waals surface area contributed by atoms with E-state index < -0.39 is 16.0 Å². The number of hydrogen-bond donors (Lipinski definition) is 2. The van der Waals surface area contributed by atoms with E-state index in [0.717, 1.165) is 11.1 Å². The second-order valence-electron chi connectivity index (χ2n) is 6.65. The van der Waals surface area contributed by atoms with Crippen LogP contribution in [-0.2, 0) is 22.9 Å². The minimum absolute atomic E-state index is 0.0784. The van der Waals surface area contributed by atoms with Crippen molar-refractivity contribution >= 4 is 44.9 Å². The molecule has 0 aliphatic carbocycles. The van der Waals surface area contributed by atoms with E-state index in [1.54, 1.807) is 36.4 Å². The average Bonchev–Trinajstić information content (AvgIpc) is 2.71. The number of anilines is 1. The summed E-state index contributed by atoms with van der Waals surface area (Å²) < 4.78 is 28.2. The van der Waals surface area contributed by atoms with Crippen molar-refractivity contribution in [3.8, 4) is 0 Å². The number of aromatic carboxylic acids is 1. The number of rotatable bonds is 8. The van der Waals surface area contributed by atoms with Crippen molar-refractivity contribution in [2.45, 2.75) is 24.2 Å². The molecule has 2 N–H and O–H groups in total. The van der Waals surface area contributed by atoms with Crippen LogP contribution >= 0.6 is 23.2 Å². The lowest BCUT2D eigenvalue weighted by molar-refractivity contribution is 0.0695. The minimum Gasteiger partial charge on any atom is -0.478 e. The predicted octanol–water partition coefficient (Wildman–Crippen LogP) is 5.67. The second kappa shape index (κ2) is 9.51. The smallest absolute Gasteiger partial charge is 0.335 e. The van der Waals surface area contributed by atoms with Crippen molar-refractivity contribution < 1.29 is 18.3 Å². The molecule has 3 aromatic carbocycles. The molecule has 0 radical (unpaired) electrons. The molecule has 8 heteroatoms. The number of halogens is 2. The van der Waals surface area contributed by atoms with Crippen molar-refractivity contribution in [2.24, 2.45) is 0 Å². The van der Waals surface area contributed by atoms with Gasteiger partial charge in [-0.3, -0.25) is 4.72 Å². The number of carbonyl (C=O) groups is 1. The van der Waals surface area contributed by atoms with E-state index in [-0.39, 0.29) is 20.5 Å². The lowest BCUT2D eigenvalue weighted by atomic mass is 9.99. The van der Waals surface area contributed by atoms with Crippen LogP contribution in [0, 0.1) is 0 Å². The topological polar surface area (TPSA) is 83.5 Å². The molecule has 0 saturated heterocycles. The normalized spacial score (nSPS) is 11.3. The fraction of sp³-hybridized carbons (Fsp3) is 0.136. The Hall–Kier alpha value is -2.54. The molecule has 0 unspecified atom stereocenters. The first kappa shape index (κ1) is 22.2. The van der Waals surface area contributed by atoms with Gasteiger partial charge in [-0.15, -0.1) is 0 Å². The van der Waals surface area contributed by atoms with Crippen LogP contribution < -0.4 is 4.72 Å². The Kier molecular flexibility index (Phi) is 7.02. The summed E-state index contributed by atoms with van der Waals surface area (Å²) in [5.41, 5.74) is 2.27. The summed E-state index contributed by atoms with van der Waals surface area (Å²) >= 11 is 12.0. The Bertz CT molecular complexity index is 1180. The van der Waals surface area contributed by atoms with E-state index in [1.165, 1.54) is 18.2 Å². The monoisotopic (exact) mass is 463 g/mol. The number of nitrogens with one attached hydrogen (secondary N) is 1. The SMILES string of the molecule is O=C(O)c1ccccc1CCCc1ccccc1NS(=O)(=O)c1cc(Cl)ccc1Cl. The van der Waals surface area contributed by atoms with E-state index in [2.05, 4.69) is 4.72 Å². The van der Waals surface area contributed by atoms with Gasteiger partial charge in [0.25, 0.3) is 10.0 Å². The van der Waals surface area contributed by atoms with E-state index in [4.69, 9.17) is 23.2 Å². The number of sulfonamides is 1. The van der Waals surface area contributed by atoms with E-state index in [0.29, 0.717) is 24.9 Å². The van der Waals surface area contributed by atoms with Crippen LogP contribution in [0.4, 0.5) is 5.69 Å². The second-order valence-corrected chi connectivity index (χ2v) is 9.15. The third kappa shape index (κ3) is 5.33. The first-order chi connectivity index (χ1) is 14.3. The van der Waals surface area contributed by atoms with Crippen LogP contribution in [0.2, 0.25) is 10.0 Å². The number of para-hydroxylation sites is 1. The summed E-state index contributed by atoms with van der Waals surface area (Å²) in [5.74, 6) is -0.961. The molecular weight excluding hydrogens is 445 g/mol. The highest BCUT2D eigenvalue weighted by molar-refractivity contribution is 7.92. The number of carboxylic acids is 1. The van der Waals surface area contributed by atoms with Gasteiger partial charge in [0.05, 0.1) is 16.3 Å². The zero-order valence-corrected chi connectivity index (χ0v) is 18.1. The van der Waals surface area contributed by atoms with Gasteiger partial charge in [0.2, 0.25) is 0 Å². The highest BCUT2D eigenvalue weighted by atomic mass is 35.5. The van der Waals surface area contributed by atoms with Crippen LogP contribution in [-0.4, -0.2) is 19.5 Å². The minimum atomic E-state index is -3.93. The lowest BCUT2D eigenvalue weighted by Gasteiger charge is -2.14. The molecule has 0 spiro atoms. The predicted molar refractivity (Wildman–Crippen MR) is 119 cm³/mol. The zero-order valence-electron chi connectivity index (χ0n) is 15.8. The molecule has 0 heterocycles. The van der Waals surface area contributed by atoms with Crippen molar-refractivity contribution in [1.82, 2.24) is 0 Å². The lowest BCUT2D eigenvalue weighted by Crippen LogP contribution is -2.15. The van der Waals surface area contributed by atoms with Crippen molar-refractivity contribution in [3.05, 3.63) is 93.5 Å². The molecule has 0 saturated carbocycles. The number of aryl methyl sites for hydroxylation is 2. The Balaban J connectivity index is 1.77. The van der Waals surface area contributed by atoms with Gasteiger partial charge in [-0.2, -0.15) is 0 Å². The Morgan fingerprint density at radius 3 is 2.27 bits per heavy atom. The zero-order chi connectivity index (χ0) is 21.7. The fourth-order valence-corrected chi connectivity index (χ4v) is 5.00. The Labute approximate surface area is 185 Å². The summed E-state index contributed by atoms with van der Waals surface area (Å²) in [6.45, 7) is 0. The summed E-state index contributed by atoms with van der Waals surface area (Å²) in [6.07, 6.45) is 1.78. The van der Waals surface area contributed by atoms with Crippen LogP contribution in [0.1, 0.15) is 27.9 Å². The van der Waals surface area contributed by atoms with Gasteiger partial charge in [-0.25, -0.2) is 13.2 Å². The highest BCUT2D eigenvalue weighted by Gasteiger charge is 2.20. The maximum absolute atomic E-state index is 12.8. The molecule has 156 valence electrons. The number of carboxylic acid groups (broad SMARTS) is 1. The van der Waals surface area contributed by atoms with Gasteiger partial charge in [0.15, 0.2) is 0 Å². The van der Waals surface area contributed by atoms with E-state index >= 15 is 0 Å². The quantitative estimate of drug-likeness (QED) is 0.450. The standard InChI is InChI=1S/C22H19Cl2NO4S/c23-17-12-13-19(24)21(14-17)30(28,29)25-20-11-4-2-7-16(20)9-5-8-15-6-1-3-10-18(15)22(26)27/h1-4,6-7,10-14,25H,5,8-9H2,(H,26,27).